The number of hydrogen-bond donors (Lipinski definition) is 1. The van der Waals surface area contributed by atoms with Crippen LogP contribution >= 0.6 is 15.9 Å². The van der Waals surface area contributed by atoms with E-state index >= 15 is 0 Å². The van der Waals surface area contributed by atoms with Crippen molar-refractivity contribution >= 4 is 15.9 Å². The third-order valence-corrected chi connectivity index (χ3v) is 5.62. The fraction of sp³-hybridized carbons (Fsp3) is 0.647. The molecule has 1 saturated carbocycles. The van der Waals surface area contributed by atoms with Gasteiger partial charge in [-0.1, -0.05) is 15.9 Å². The molecule has 2 aliphatic heterocycles. The standard InChI is InChI=1S/C17H22BrNO2/c18-14-8-12-2-6-20-16(12)13(9-14)11-19-15-3-7-21-17(10-15)4-1-5-17/h8-9,15,19H,1-7,10-11H2. The van der Waals surface area contributed by atoms with Crippen LogP contribution in [0.1, 0.15) is 43.2 Å². The minimum atomic E-state index is 0.214. The Morgan fingerprint density at radius 1 is 1.29 bits per heavy atom. The van der Waals surface area contributed by atoms with Gasteiger partial charge in [-0.05, 0) is 49.8 Å². The highest BCUT2D eigenvalue weighted by Gasteiger charge is 2.42. The van der Waals surface area contributed by atoms with Crippen LogP contribution in [-0.2, 0) is 17.7 Å². The van der Waals surface area contributed by atoms with E-state index in [9.17, 15) is 0 Å². The Morgan fingerprint density at radius 2 is 2.19 bits per heavy atom. The maximum absolute atomic E-state index is 6.00. The van der Waals surface area contributed by atoms with E-state index in [0.29, 0.717) is 6.04 Å². The lowest BCUT2D eigenvalue weighted by molar-refractivity contribution is -0.135. The van der Waals surface area contributed by atoms with Gasteiger partial charge < -0.3 is 14.8 Å². The van der Waals surface area contributed by atoms with Gasteiger partial charge in [0, 0.05) is 35.7 Å². The van der Waals surface area contributed by atoms with Crippen molar-refractivity contribution in [2.45, 2.75) is 56.7 Å². The summed E-state index contributed by atoms with van der Waals surface area (Å²) in [6.07, 6.45) is 7.16. The Labute approximate surface area is 134 Å². The minimum Gasteiger partial charge on any atom is -0.493 e. The molecule has 0 radical (unpaired) electrons. The van der Waals surface area contributed by atoms with E-state index in [1.807, 2.05) is 0 Å². The molecule has 1 N–H and O–H groups in total. The van der Waals surface area contributed by atoms with Crippen molar-refractivity contribution in [3.05, 3.63) is 27.7 Å². The van der Waals surface area contributed by atoms with E-state index in [1.165, 1.54) is 36.8 Å². The van der Waals surface area contributed by atoms with Gasteiger partial charge in [-0.2, -0.15) is 0 Å². The average Bonchev–Trinajstić information content (AvgIpc) is 2.91. The summed E-state index contributed by atoms with van der Waals surface area (Å²) in [7, 11) is 0. The van der Waals surface area contributed by atoms with Crippen LogP contribution in [0.5, 0.6) is 5.75 Å². The smallest absolute Gasteiger partial charge is 0.127 e. The monoisotopic (exact) mass is 351 g/mol. The van der Waals surface area contributed by atoms with Crippen LogP contribution in [0, 0.1) is 0 Å². The molecule has 1 aromatic rings. The molecular weight excluding hydrogens is 330 g/mol. The topological polar surface area (TPSA) is 30.5 Å². The number of benzene rings is 1. The maximum Gasteiger partial charge on any atom is 0.127 e. The van der Waals surface area contributed by atoms with E-state index < -0.39 is 0 Å². The molecule has 1 spiro atoms. The largest absolute Gasteiger partial charge is 0.493 e. The molecule has 1 saturated heterocycles. The van der Waals surface area contributed by atoms with Gasteiger partial charge in [0.1, 0.15) is 5.75 Å². The van der Waals surface area contributed by atoms with Gasteiger partial charge in [-0.15, -0.1) is 0 Å². The van der Waals surface area contributed by atoms with E-state index in [4.69, 9.17) is 9.47 Å². The molecule has 1 unspecified atom stereocenters. The molecule has 114 valence electrons. The van der Waals surface area contributed by atoms with Crippen molar-refractivity contribution in [3.8, 4) is 5.75 Å². The van der Waals surface area contributed by atoms with Crippen LogP contribution in [0.2, 0.25) is 0 Å². The van der Waals surface area contributed by atoms with Crippen LogP contribution in [0.25, 0.3) is 0 Å². The van der Waals surface area contributed by atoms with Crippen molar-refractivity contribution < 1.29 is 9.47 Å². The van der Waals surface area contributed by atoms with Gasteiger partial charge >= 0.3 is 0 Å². The van der Waals surface area contributed by atoms with E-state index in [1.54, 1.807) is 0 Å². The van der Waals surface area contributed by atoms with E-state index in [-0.39, 0.29) is 5.60 Å². The molecule has 3 aliphatic rings. The zero-order chi connectivity index (χ0) is 14.3. The third-order valence-electron chi connectivity index (χ3n) is 5.16. The Balaban J connectivity index is 1.43. The van der Waals surface area contributed by atoms with Crippen LogP contribution in [-0.4, -0.2) is 24.9 Å². The second kappa shape index (κ2) is 5.56. The molecule has 3 nitrogen and oxygen atoms in total. The first-order valence-electron chi connectivity index (χ1n) is 8.06. The van der Waals surface area contributed by atoms with Crippen LogP contribution in [0.15, 0.2) is 16.6 Å². The second-order valence-electron chi connectivity index (χ2n) is 6.61. The highest BCUT2D eigenvalue weighted by Crippen LogP contribution is 2.42. The average molecular weight is 352 g/mol. The van der Waals surface area contributed by atoms with Gasteiger partial charge in [0.15, 0.2) is 0 Å². The summed E-state index contributed by atoms with van der Waals surface area (Å²) in [5.41, 5.74) is 2.83. The van der Waals surface area contributed by atoms with Crippen LogP contribution in [0.3, 0.4) is 0 Å². The molecule has 4 heteroatoms. The Morgan fingerprint density at radius 3 is 3.00 bits per heavy atom. The van der Waals surface area contributed by atoms with Crippen molar-refractivity contribution in [3.63, 3.8) is 0 Å². The van der Waals surface area contributed by atoms with Crippen LogP contribution < -0.4 is 10.1 Å². The number of fused-ring (bicyclic) bond motifs is 1. The molecule has 1 aromatic carbocycles. The normalized spacial score (nSPS) is 26.2. The number of hydrogen-bond acceptors (Lipinski definition) is 3. The zero-order valence-electron chi connectivity index (χ0n) is 12.3. The first-order valence-corrected chi connectivity index (χ1v) is 8.85. The number of nitrogens with one attached hydrogen (secondary N) is 1. The van der Waals surface area contributed by atoms with Crippen molar-refractivity contribution in [2.24, 2.45) is 0 Å². The number of rotatable bonds is 3. The number of halogens is 1. The van der Waals surface area contributed by atoms with Crippen molar-refractivity contribution in [1.29, 1.82) is 0 Å². The predicted octanol–water partition coefficient (Wildman–Crippen LogP) is 3.58. The summed E-state index contributed by atoms with van der Waals surface area (Å²) < 4.78 is 13.0. The molecule has 0 bridgehead atoms. The van der Waals surface area contributed by atoms with E-state index in [0.717, 1.165) is 42.8 Å². The van der Waals surface area contributed by atoms with Gasteiger partial charge in [0.05, 0.1) is 12.2 Å². The summed E-state index contributed by atoms with van der Waals surface area (Å²) in [4.78, 5) is 0. The quantitative estimate of drug-likeness (QED) is 0.902. The Kier molecular flexibility index (Phi) is 3.72. The molecule has 0 aromatic heterocycles. The Hall–Kier alpha value is -0.580. The minimum absolute atomic E-state index is 0.214. The first-order chi connectivity index (χ1) is 10.2. The predicted molar refractivity (Wildman–Crippen MR) is 85.7 cm³/mol. The molecule has 1 aliphatic carbocycles. The van der Waals surface area contributed by atoms with Crippen molar-refractivity contribution in [2.75, 3.05) is 13.2 Å². The zero-order valence-corrected chi connectivity index (χ0v) is 13.9. The number of ether oxygens (including phenoxy) is 2. The first kappa shape index (κ1) is 14.0. The molecule has 21 heavy (non-hydrogen) atoms. The molecule has 4 rings (SSSR count). The lowest BCUT2D eigenvalue weighted by Gasteiger charge is -2.47. The lowest BCUT2D eigenvalue weighted by atomic mass is 9.74. The molecule has 2 fully saturated rings. The highest BCUT2D eigenvalue weighted by atomic mass is 79.9. The summed E-state index contributed by atoms with van der Waals surface area (Å²) in [5.74, 6) is 1.11. The molecular formula is C17H22BrNO2. The van der Waals surface area contributed by atoms with Gasteiger partial charge in [-0.25, -0.2) is 0 Å². The summed E-state index contributed by atoms with van der Waals surface area (Å²) in [5, 5.41) is 3.74. The van der Waals surface area contributed by atoms with Gasteiger partial charge in [0.25, 0.3) is 0 Å². The SMILES string of the molecule is Brc1cc2c(c(CNC3CCOC4(CCC4)C3)c1)OCC2. The Bertz CT molecular complexity index is 542. The summed E-state index contributed by atoms with van der Waals surface area (Å²) in [6.45, 7) is 2.62. The van der Waals surface area contributed by atoms with Crippen LogP contribution in [0.4, 0.5) is 0 Å². The second-order valence-corrected chi connectivity index (χ2v) is 7.52. The van der Waals surface area contributed by atoms with Gasteiger partial charge in [-0.3, -0.25) is 0 Å². The van der Waals surface area contributed by atoms with Crippen molar-refractivity contribution in [1.82, 2.24) is 5.32 Å². The molecule has 2 heterocycles. The van der Waals surface area contributed by atoms with E-state index in [2.05, 4.69) is 33.4 Å². The summed E-state index contributed by atoms with van der Waals surface area (Å²) >= 11 is 3.62. The highest BCUT2D eigenvalue weighted by molar-refractivity contribution is 9.10. The van der Waals surface area contributed by atoms with Gasteiger partial charge in [0.2, 0.25) is 0 Å². The fourth-order valence-electron chi connectivity index (χ4n) is 3.85. The lowest BCUT2D eigenvalue weighted by Crippen LogP contribution is -2.50. The molecule has 1 atom stereocenters. The maximum atomic E-state index is 6.00. The fourth-order valence-corrected chi connectivity index (χ4v) is 4.41. The summed E-state index contributed by atoms with van der Waals surface area (Å²) in [6, 6.07) is 4.95. The molecule has 0 amide bonds. The third kappa shape index (κ3) is 2.73.